The summed E-state index contributed by atoms with van der Waals surface area (Å²) in [5.41, 5.74) is 0.514. The van der Waals surface area contributed by atoms with Crippen molar-refractivity contribution in [1.29, 1.82) is 0 Å². The van der Waals surface area contributed by atoms with Gasteiger partial charge >= 0.3 is 0 Å². The van der Waals surface area contributed by atoms with Crippen LogP contribution < -0.4 is 5.32 Å². The molecule has 1 saturated heterocycles. The van der Waals surface area contributed by atoms with Crippen LogP contribution in [0.3, 0.4) is 0 Å². The summed E-state index contributed by atoms with van der Waals surface area (Å²) in [5, 5.41) is 3.73. The number of anilines is 1. The summed E-state index contributed by atoms with van der Waals surface area (Å²) in [4.78, 5) is 25.1. The molecule has 1 unspecified atom stereocenters. The maximum absolute atomic E-state index is 12.0. The van der Waals surface area contributed by atoms with Gasteiger partial charge in [-0.3, -0.25) is 9.69 Å². The molecule has 114 valence electrons. The maximum atomic E-state index is 12.0. The lowest BCUT2D eigenvalue weighted by atomic mass is 10.0. The number of amides is 1. The quantitative estimate of drug-likeness (QED) is 0.843. The van der Waals surface area contributed by atoms with Crippen LogP contribution in [0.25, 0.3) is 0 Å². The van der Waals surface area contributed by atoms with Gasteiger partial charge in [-0.05, 0) is 37.6 Å². The number of carbonyl (C=O) groups excluding carboxylic acids is 2. The van der Waals surface area contributed by atoms with Gasteiger partial charge in [-0.25, -0.2) is 0 Å². The average Bonchev–Trinajstić information content (AvgIpc) is 2.49. The second-order valence-electron chi connectivity index (χ2n) is 5.16. The third-order valence-corrected chi connectivity index (χ3v) is 4.21. The largest absolute Gasteiger partial charge is 0.325 e. The fourth-order valence-electron chi connectivity index (χ4n) is 2.50. The van der Waals surface area contributed by atoms with Crippen LogP contribution in [0.1, 0.15) is 25.7 Å². The third-order valence-electron chi connectivity index (χ3n) is 3.65. The summed E-state index contributed by atoms with van der Waals surface area (Å²) in [6, 6.07) is 4.88. The lowest BCUT2D eigenvalue weighted by Crippen LogP contribution is -2.41. The Morgan fingerprint density at radius 2 is 2.19 bits per heavy atom. The summed E-state index contributed by atoms with van der Waals surface area (Å²) < 4.78 is 0. The number of halogens is 2. The van der Waals surface area contributed by atoms with E-state index < -0.39 is 0 Å². The van der Waals surface area contributed by atoms with Crippen molar-refractivity contribution in [3.8, 4) is 0 Å². The van der Waals surface area contributed by atoms with E-state index in [-0.39, 0.29) is 11.9 Å². The van der Waals surface area contributed by atoms with Crippen LogP contribution in [0.4, 0.5) is 5.69 Å². The van der Waals surface area contributed by atoms with Crippen molar-refractivity contribution >= 4 is 41.1 Å². The van der Waals surface area contributed by atoms with Crippen molar-refractivity contribution in [3.05, 3.63) is 28.2 Å². The topological polar surface area (TPSA) is 49.4 Å². The van der Waals surface area contributed by atoms with Gasteiger partial charge in [0.15, 0.2) is 0 Å². The molecule has 4 nitrogen and oxygen atoms in total. The Kier molecular flexibility index (Phi) is 6.03. The second kappa shape index (κ2) is 7.78. The number of benzene rings is 1. The molecule has 6 heteroatoms. The Hall–Kier alpha value is -1.10. The Labute approximate surface area is 134 Å². The Bertz CT molecular complexity index is 522. The van der Waals surface area contributed by atoms with E-state index >= 15 is 0 Å². The predicted molar refractivity (Wildman–Crippen MR) is 85.0 cm³/mol. The van der Waals surface area contributed by atoms with Crippen molar-refractivity contribution in [2.45, 2.75) is 31.7 Å². The van der Waals surface area contributed by atoms with Gasteiger partial charge in [-0.1, -0.05) is 29.6 Å². The van der Waals surface area contributed by atoms with Crippen molar-refractivity contribution in [2.24, 2.45) is 0 Å². The zero-order valence-electron chi connectivity index (χ0n) is 11.6. The number of rotatable bonds is 5. The van der Waals surface area contributed by atoms with E-state index in [1.807, 2.05) is 0 Å². The minimum absolute atomic E-state index is 0.0543. The van der Waals surface area contributed by atoms with Gasteiger partial charge in [0.1, 0.15) is 6.29 Å². The van der Waals surface area contributed by atoms with Crippen molar-refractivity contribution in [2.75, 3.05) is 18.4 Å². The molecule has 2 rings (SSSR count). The molecule has 1 heterocycles. The number of hydrogen-bond acceptors (Lipinski definition) is 3. The lowest BCUT2D eigenvalue weighted by Gasteiger charge is -2.31. The smallest absolute Gasteiger partial charge is 0.225 e. The minimum Gasteiger partial charge on any atom is -0.325 e. The Balaban J connectivity index is 1.87. The van der Waals surface area contributed by atoms with E-state index in [0.29, 0.717) is 28.7 Å². The van der Waals surface area contributed by atoms with Crippen LogP contribution in [0.2, 0.25) is 10.0 Å². The number of nitrogens with one attached hydrogen (secondary N) is 1. The normalized spacial score (nSPS) is 19.2. The van der Waals surface area contributed by atoms with Gasteiger partial charge in [0.05, 0.1) is 16.8 Å². The molecule has 21 heavy (non-hydrogen) atoms. The summed E-state index contributed by atoms with van der Waals surface area (Å²) in [6.45, 7) is 1.45. The molecule has 0 aliphatic carbocycles. The average molecular weight is 329 g/mol. The number of likely N-dealkylation sites (tertiary alicyclic amines) is 1. The second-order valence-corrected chi connectivity index (χ2v) is 6.00. The molecular weight excluding hydrogens is 311 g/mol. The molecule has 1 N–H and O–H groups in total. The van der Waals surface area contributed by atoms with Gasteiger partial charge < -0.3 is 10.1 Å². The lowest BCUT2D eigenvalue weighted by molar-refractivity contribution is -0.118. The molecule has 0 radical (unpaired) electrons. The number of nitrogens with zero attached hydrogens (tertiary/aromatic N) is 1. The SMILES string of the molecule is O=CC1CCCCN1CCC(=O)Nc1cc(Cl)ccc1Cl. The Morgan fingerprint density at radius 1 is 1.38 bits per heavy atom. The molecule has 0 aromatic heterocycles. The van der Waals surface area contributed by atoms with Crippen LogP contribution >= 0.6 is 23.2 Å². The molecule has 1 aliphatic rings. The van der Waals surface area contributed by atoms with Gasteiger partial charge in [-0.2, -0.15) is 0 Å². The summed E-state index contributed by atoms with van der Waals surface area (Å²) in [6.07, 6.45) is 4.33. The number of piperidine rings is 1. The van der Waals surface area contributed by atoms with Gasteiger partial charge in [0.25, 0.3) is 0 Å². The van der Waals surface area contributed by atoms with Crippen molar-refractivity contribution < 1.29 is 9.59 Å². The van der Waals surface area contributed by atoms with Gasteiger partial charge in [0, 0.05) is 18.0 Å². The van der Waals surface area contributed by atoms with Gasteiger partial charge in [-0.15, -0.1) is 0 Å². The van der Waals surface area contributed by atoms with E-state index in [1.165, 1.54) is 0 Å². The fraction of sp³-hybridized carbons (Fsp3) is 0.467. The predicted octanol–water partition coefficient (Wildman–Crippen LogP) is 3.38. The molecular formula is C15H18Cl2N2O2. The van der Waals surface area contributed by atoms with E-state index in [1.54, 1.807) is 18.2 Å². The number of hydrogen-bond donors (Lipinski definition) is 1. The summed E-state index contributed by atoms with van der Waals surface area (Å²) >= 11 is 11.9. The molecule has 1 aromatic rings. The van der Waals surface area contributed by atoms with E-state index in [0.717, 1.165) is 32.1 Å². The van der Waals surface area contributed by atoms with Crippen molar-refractivity contribution in [3.63, 3.8) is 0 Å². The summed E-state index contributed by atoms with van der Waals surface area (Å²) in [7, 11) is 0. The van der Waals surface area contributed by atoms with Crippen molar-refractivity contribution in [1.82, 2.24) is 4.90 Å². The molecule has 0 bridgehead atoms. The molecule has 1 amide bonds. The van der Waals surface area contributed by atoms with Crippen LogP contribution in [-0.4, -0.2) is 36.2 Å². The molecule has 0 spiro atoms. The monoisotopic (exact) mass is 328 g/mol. The van der Waals surface area contributed by atoms with Crippen LogP contribution in [0, 0.1) is 0 Å². The van der Waals surface area contributed by atoms with E-state index in [9.17, 15) is 9.59 Å². The minimum atomic E-state index is -0.130. The first-order chi connectivity index (χ1) is 10.1. The first-order valence-electron chi connectivity index (χ1n) is 7.04. The van der Waals surface area contributed by atoms with Crippen LogP contribution in [0.15, 0.2) is 18.2 Å². The van der Waals surface area contributed by atoms with Crippen LogP contribution in [0.5, 0.6) is 0 Å². The highest BCUT2D eigenvalue weighted by molar-refractivity contribution is 6.35. The Morgan fingerprint density at radius 3 is 2.95 bits per heavy atom. The highest BCUT2D eigenvalue weighted by Gasteiger charge is 2.22. The first kappa shape index (κ1) is 16.3. The number of carbonyl (C=O) groups is 2. The summed E-state index contributed by atoms with van der Waals surface area (Å²) in [5.74, 6) is -0.130. The van der Waals surface area contributed by atoms with Crippen LogP contribution in [-0.2, 0) is 9.59 Å². The molecule has 1 aliphatic heterocycles. The first-order valence-corrected chi connectivity index (χ1v) is 7.80. The standard InChI is InChI=1S/C15H18Cl2N2O2/c16-11-4-5-13(17)14(9-11)18-15(21)6-8-19-7-2-1-3-12(19)10-20/h4-5,9-10,12H,1-3,6-8H2,(H,18,21). The number of aldehydes is 1. The molecule has 1 atom stereocenters. The van der Waals surface area contributed by atoms with E-state index in [4.69, 9.17) is 23.2 Å². The molecule has 1 aromatic carbocycles. The highest BCUT2D eigenvalue weighted by atomic mass is 35.5. The third kappa shape index (κ3) is 4.70. The maximum Gasteiger partial charge on any atom is 0.225 e. The fourth-order valence-corrected chi connectivity index (χ4v) is 2.84. The zero-order chi connectivity index (χ0) is 15.2. The zero-order valence-corrected chi connectivity index (χ0v) is 13.2. The molecule has 1 fully saturated rings. The highest BCUT2D eigenvalue weighted by Crippen LogP contribution is 2.25. The van der Waals surface area contributed by atoms with Gasteiger partial charge in [0.2, 0.25) is 5.91 Å². The molecule has 0 saturated carbocycles. The van der Waals surface area contributed by atoms with E-state index in [2.05, 4.69) is 10.2 Å².